The zero-order chi connectivity index (χ0) is 27.2. The summed E-state index contributed by atoms with van der Waals surface area (Å²) in [4.78, 5) is 32.3. The van der Waals surface area contributed by atoms with Crippen LogP contribution in [0.2, 0.25) is 0 Å². The predicted octanol–water partition coefficient (Wildman–Crippen LogP) is 3.88. The molecule has 1 amide bonds. The topological polar surface area (TPSA) is 148 Å². The molecule has 2 atom stereocenters. The zero-order valence-electron chi connectivity index (χ0n) is 21.7. The zero-order valence-corrected chi connectivity index (χ0v) is 23.3. The van der Waals surface area contributed by atoms with E-state index in [4.69, 9.17) is 19.9 Å². The van der Waals surface area contributed by atoms with Gasteiger partial charge in [0.1, 0.15) is 21.3 Å². The Hall–Kier alpha value is -3.52. The Kier molecular flexibility index (Phi) is 6.66. The van der Waals surface area contributed by atoms with E-state index in [1.54, 1.807) is 6.07 Å². The van der Waals surface area contributed by atoms with Gasteiger partial charge in [-0.25, -0.2) is 4.98 Å². The molecule has 5 N–H and O–H groups in total. The van der Waals surface area contributed by atoms with Gasteiger partial charge in [0.2, 0.25) is 5.43 Å². The number of pyridine rings is 1. The lowest BCUT2D eigenvalue weighted by atomic mass is 9.91. The highest BCUT2D eigenvalue weighted by atomic mass is 32.1. The van der Waals surface area contributed by atoms with E-state index >= 15 is 0 Å². The SMILES string of the molecule is N[C@@H]1CCCC[C@@H]1Nc1cc2c(c(Nc3cc(-c4csc5c(=O)cc(N6CCOCC6)oc45)ns3)n1)C(=O)NC2. The Labute approximate surface area is 237 Å². The van der Waals surface area contributed by atoms with E-state index in [-0.39, 0.29) is 23.4 Å². The van der Waals surface area contributed by atoms with Crippen molar-refractivity contribution in [1.82, 2.24) is 14.7 Å². The minimum Gasteiger partial charge on any atom is -0.439 e. The quantitative estimate of drug-likeness (QED) is 0.265. The number of hydrogen-bond donors (Lipinski definition) is 4. The third-order valence-corrected chi connectivity index (χ3v) is 9.38. The van der Waals surface area contributed by atoms with E-state index in [2.05, 4.69) is 20.3 Å². The molecule has 0 bridgehead atoms. The van der Waals surface area contributed by atoms with Crippen LogP contribution in [0.15, 0.2) is 32.8 Å². The highest BCUT2D eigenvalue weighted by molar-refractivity contribution is 7.17. The summed E-state index contributed by atoms with van der Waals surface area (Å²) in [5.74, 6) is 1.57. The predicted molar refractivity (Wildman–Crippen MR) is 157 cm³/mol. The Morgan fingerprint density at radius 2 is 1.98 bits per heavy atom. The molecule has 3 aliphatic rings. The second-order valence-electron chi connectivity index (χ2n) is 10.3. The Morgan fingerprint density at radius 3 is 2.83 bits per heavy atom. The Balaban J connectivity index is 1.19. The molecule has 208 valence electrons. The second kappa shape index (κ2) is 10.5. The van der Waals surface area contributed by atoms with Crippen LogP contribution in [0.4, 0.5) is 22.5 Å². The summed E-state index contributed by atoms with van der Waals surface area (Å²) < 4.78 is 16.9. The van der Waals surface area contributed by atoms with Crippen LogP contribution in [0.3, 0.4) is 0 Å². The number of carbonyl (C=O) groups is 1. The summed E-state index contributed by atoms with van der Waals surface area (Å²) in [6, 6.07) is 5.61. The van der Waals surface area contributed by atoms with Gasteiger partial charge in [0.05, 0.1) is 30.0 Å². The van der Waals surface area contributed by atoms with E-state index in [1.807, 2.05) is 22.4 Å². The number of thiophene rings is 1. The van der Waals surface area contributed by atoms with Gasteiger partial charge in [0.25, 0.3) is 5.91 Å². The molecule has 0 spiro atoms. The second-order valence-corrected chi connectivity index (χ2v) is 12.0. The number of nitrogens with zero attached hydrogens (tertiary/aromatic N) is 3. The van der Waals surface area contributed by atoms with Crippen LogP contribution in [0.1, 0.15) is 41.6 Å². The average molecular weight is 580 g/mol. The highest BCUT2D eigenvalue weighted by Gasteiger charge is 2.28. The third kappa shape index (κ3) is 4.72. The first-order chi connectivity index (χ1) is 19.5. The van der Waals surface area contributed by atoms with E-state index in [9.17, 15) is 9.59 Å². The number of aromatic nitrogens is 2. The van der Waals surface area contributed by atoms with E-state index in [1.165, 1.54) is 22.9 Å². The Morgan fingerprint density at radius 1 is 1.12 bits per heavy atom. The number of anilines is 4. The fraction of sp³-hybridized carbons (Fsp3) is 0.407. The third-order valence-electron chi connectivity index (χ3n) is 7.70. The maximum atomic E-state index is 12.9. The van der Waals surface area contributed by atoms with Crippen molar-refractivity contribution < 1.29 is 13.9 Å². The van der Waals surface area contributed by atoms with Crippen molar-refractivity contribution in [2.45, 2.75) is 44.3 Å². The van der Waals surface area contributed by atoms with Gasteiger partial charge in [-0.1, -0.05) is 12.8 Å². The van der Waals surface area contributed by atoms with Crippen molar-refractivity contribution in [2.24, 2.45) is 5.73 Å². The van der Waals surface area contributed by atoms with Crippen molar-refractivity contribution in [1.29, 1.82) is 0 Å². The van der Waals surface area contributed by atoms with Crippen molar-refractivity contribution in [3.63, 3.8) is 0 Å². The molecule has 1 saturated carbocycles. The van der Waals surface area contributed by atoms with Gasteiger partial charge < -0.3 is 35.7 Å². The van der Waals surface area contributed by atoms with Gasteiger partial charge in [-0.05, 0) is 36.0 Å². The number of morpholine rings is 1. The number of fused-ring (bicyclic) bond motifs is 2. The number of ether oxygens (including phenoxy) is 1. The van der Waals surface area contributed by atoms with Gasteiger partial charge in [0, 0.05) is 49.2 Å². The van der Waals surface area contributed by atoms with Crippen LogP contribution in [-0.4, -0.2) is 53.7 Å². The van der Waals surface area contributed by atoms with Gasteiger partial charge in [-0.3, -0.25) is 9.59 Å². The van der Waals surface area contributed by atoms with Crippen LogP contribution >= 0.6 is 22.9 Å². The largest absolute Gasteiger partial charge is 0.439 e. The molecule has 1 saturated heterocycles. The van der Waals surface area contributed by atoms with Crippen LogP contribution in [0.25, 0.3) is 21.5 Å². The molecule has 4 aromatic heterocycles. The normalized spacial score (nSPS) is 20.9. The van der Waals surface area contributed by atoms with Crippen molar-refractivity contribution in [3.05, 3.63) is 44.9 Å². The van der Waals surface area contributed by atoms with Crippen molar-refractivity contribution >= 4 is 61.6 Å². The van der Waals surface area contributed by atoms with E-state index < -0.39 is 0 Å². The summed E-state index contributed by atoms with van der Waals surface area (Å²) in [5.41, 5.74) is 9.69. The molecule has 13 heteroatoms. The molecule has 2 fully saturated rings. The lowest BCUT2D eigenvalue weighted by Crippen LogP contribution is -2.42. The first-order valence-electron chi connectivity index (χ1n) is 13.5. The van der Waals surface area contributed by atoms with Gasteiger partial charge in [-0.2, -0.15) is 4.37 Å². The molecule has 1 aliphatic carbocycles. The monoisotopic (exact) mass is 579 g/mol. The minimum absolute atomic E-state index is 0.0691. The van der Waals surface area contributed by atoms with Crippen molar-refractivity contribution in [2.75, 3.05) is 41.8 Å². The van der Waals surface area contributed by atoms with Gasteiger partial charge in [-0.15, -0.1) is 11.3 Å². The maximum absolute atomic E-state index is 12.9. The first kappa shape index (κ1) is 25.4. The fourth-order valence-corrected chi connectivity index (χ4v) is 7.12. The maximum Gasteiger partial charge on any atom is 0.255 e. The number of nitrogens with one attached hydrogen (secondary N) is 3. The summed E-state index contributed by atoms with van der Waals surface area (Å²) in [6.07, 6.45) is 4.27. The molecule has 11 nitrogen and oxygen atoms in total. The average Bonchev–Trinajstić information content (AvgIpc) is 3.69. The molecule has 40 heavy (non-hydrogen) atoms. The minimum atomic E-state index is -0.156. The van der Waals surface area contributed by atoms with Crippen LogP contribution in [-0.2, 0) is 11.3 Å². The highest BCUT2D eigenvalue weighted by Crippen LogP contribution is 2.37. The summed E-state index contributed by atoms with van der Waals surface area (Å²) in [7, 11) is 0. The molecule has 0 unspecified atom stereocenters. The molecule has 7 rings (SSSR count). The first-order valence-corrected chi connectivity index (χ1v) is 15.1. The number of carbonyl (C=O) groups excluding carboxylic acids is 1. The van der Waals surface area contributed by atoms with Gasteiger partial charge in [0.15, 0.2) is 11.5 Å². The molecular formula is C27H29N7O4S2. The summed E-state index contributed by atoms with van der Waals surface area (Å²) in [5, 5.41) is 12.4. The molecule has 0 aromatic carbocycles. The number of hydrogen-bond acceptors (Lipinski definition) is 12. The number of rotatable bonds is 6. The van der Waals surface area contributed by atoms with Crippen LogP contribution < -0.4 is 32.0 Å². The fourth-order valence-electron chi connectivity index (χ4n) is 5.57. The molecule has 4 aromatic rings. The smallest absolute Gasteiger partial charge is 0.255 e. The number of amides is 1. The number of nitrogens with two attached hydrogens (primary N) is 1. The molecular weight excluding hydrogens is 550 g/mol. The molecule has 6 heterocycles. The summed E-state index contributed by atoms with van der Waals surface area (Å²) in [6.45, 7) is 2.99. The molecule has 0 radical (unpaired) electrons. The van der Waals surface area contributed by atoms with Gasteiger partial charge >= 0.3 is 0 Å². The van der Waals surface area contributed by atoms with Crippen LogP contribution in [0.5, 0.6) is 0 Å². The van der Waals surface area contributed by atoms with Crippen LogP contribution in [0, 0.1) is 0 Å². The standard InChI is InChI=1S/C27H29N7O4S2/c28-16-3-1-2-4-17(16)30-20-9-14-12-29-27(36)23(14)26(31-20)32-21-10-18(33-40-21)15-13-39-25-19(35)11-22(38-24(15)25)34-5-7-37-8-6-34/h9-11,13,16-17H,1-8,12,28H2,(H,29,36)(H2,30,31,32)/t16-,17+/m1/s1. The molecule has 2 aliphatic heterocycles. The lowest BCUT2D eigenvalue weighted by Gasteiger charge is -2.30. The van der Waals surface area contributed by atoms with E-state index in [0.29, 0.717) is 71.9 Å². The van der Waals surface area contributed by atoms with Crippen molar-refractivity contribution in [3.8, 4) is 11.3 Å². The summed E-state index contributed by atoms with van der Waals surface area (Å²) >= 11 is 2.61. The van der Waals surface area contributed by atoms with E-state index in [0.717, 1.165) is 41.8 Å². The Bertz CT molecular complexity index is 1640. The lowest BCUT2D eigenvalue weighted by molar-refractivity contribution is 0.0966.